The molecule has 0 aliphatic carbocycles. The third-order valence-corrected chi connectivity index (χ3v) is 3.21. The molecule has 0 aliphatic heterocycles. The minimum absolute atomic E-state index is 0.0394. The molecular formula is C15H19N3O. The Bertz CT molecular complexity index is 507. The minimum atomic E-state index is -0.112. The van der Waals surface area contributed by atoms with Gasteiger partial charge in [-0.1, -0.05) is 37.3 Å². The van der Waals surface area contributed by atoms with Crippen molar-refractivity contribution in [2.45, 2.75) is 32.2 Å². The highest BCUT2D eigenvalue weighted by Gasteiger charge is 2.21. The van der Waals surface area contributed by atoms with E-state index >= 15 is 0 Å². The van der Waals surface area contributed by atoms with Gasteiger partial charge in [0.25, 0.3) is 0 Å². The first kappa shape index (κ1) is 13.3. The van der Waals surface area contributed by atoms with Crippen molar-refractivity contribution < 1.29 is 4.79 Å². The van der Waals surface area contributed by atoms with E-state index in [1.165, 1.54) is 0 Å². The second-order valence-corrected chi connectivity index (χ2v) is 4.58. The topological polar surface area (TPSA) is 57.8 Å². The van der Waals surface area contributed by atoms with Gasteiger partial charge < -0.3 is 10.3 Å². The molecule has 4 heteroatoms. The van der Waals surface area contributed by atoms with Gasteiger partial charge in [0.2, 0.25) is 5.91 Å². The molecule has 2 N–H and O–H groups in total. The smallest absolute Gasteiger partial charge is 0.228 e. The number of nitrogens with zero attached hydrogens (tertiary/aromatic N) is 1. The molecule has 0 saturated heterocycles. The van der Waals surface area contributed by atoms with Crippen molar-refractivity contribution in [3.63, 3.8) is 0 Å². The molecule has 1 aromatic heterocycles. The zero-order valence-electron chi connectivity index (χ0n) is 11.3. The number of hydrogen-bond donors (Lipinski definition) is 2. The SMILES string of the molecule is CCC(C(=O)NC(C)c1ncc[nH]1)c1ccccc1. The first-order valence-corrected chi connectivity index (χ1v) is 6.57. The maximum atomic E-state index is 12.3. The molecule has 2 unspecified atom stereocenters. The van der Waals surface area contributed by atoms with Gasteiger partial charge >= 0.3 is 0 Å². The van der Waals surface area contributed by atoms with E-state index < -0.39 is 0 Å². The van der Waals surface area contributed by atoms with Crippen molar-refractivity contribution in [1.29, 1.82) is 0 Å². The van der Waals surface area contributed by atoms with Crippen LogP contribution in [0.2, 0.25) is 0 Å². The van der Waals surface area contributed by atoms with Crippen molar-refractivity contribution in [2.75, 3.05) is 0 Å². The van der Waals surface area contributed by atoms with Crippen molar-refractivity contribution in [3.8, 4) is 0 Å². The van der Waals surface area contributed by atoms with Crippen LogP contribution in [0.4, 0.5) is 0 Å². The summed E-state index contributed by atoms with van der Waals surface area (Å²) in [4.78, 5) is 19.5. The number of aromatic amines is 1. The fourth-order valence-electron chi connectivity index (χ4n) is 2.15. The molecule has 0 spiro atoms. The average molecular weight is 257 g/mol. The predicted molar refractivity (Wildman–Crippen MR) is 74.6 cm³/mol. The van der Waals surface area contributed by atoms with Gasteiger partial charge in [-0.2, -0.15) is 0 Å². The molecule has 1 heterocycles. The first-order valence-electron chi connectivity index (χ1n) is 6.57. The second-order valence-electron chi connectivity index (χ2n) is 4.58. The maximum absolute atomic E-state index is 12.3. The fraction of sp³-hybridized carbons (Fsp3) is 0.333. The van der Waals surface area contributed by atoms with Crippen LogP contribution in [-0.2, 0) is 4.79 Å². The van der Waals surface area contributed by atoms with Crippen LogP contribution in [0.25, 0.3) is 0 Å². The van der Waals surface area contributed by atoms with E-state index in [0.29, 0.717) is 0 Å². The number of imidazole rings is 1. The first-order chi connectivity index (χ1) is 9.22. The van der Waals surface area contributed by atoms with E-state index in [4.69, 9.17) is 0 Å². The van der Waals surface area contributed by atoms with Gasteiger partial charge in [-0.05, 0) is 18.9 Å². The van der Waals surface area contributed by atoms with Gasteiger partial charge in [-0.25, -0.2) is 4.98 Å². The Labute approximate surface area is 113 Å². The summed E-state index contributed by atoms with van der Waals surface area (Å²) in [6.07, 6.45) is 4.22. The number of hydrogen-bond acceptors (Lipinski definition) is 2. The molecule has 2 aromatic rings. The molecule has 0 fully saturated rings. The Morgan fingerprint density at radius 2 is 2.11 bits per heavy atom. The van der Waals surface area contributed by atoms with Gasteiger partial charge in [0.05, 0.1) is 12.0 Å². The summed E-state index contributed by atoms with van der Waals surface area (Å²) in [5.41, 5.74) is 1.05. The zero-order chi connectivity index (χ0) is 13.7. The van der Waals surface area contributed by atoms with Crippen LogP contribution < -0.4 is 5.32 Å². The van der Waals surface area contributed by atoms with Crippen LogP contribution in [0.15, 0.2) is 42.7 Å². The Kier molecular flexibility index (Phi) is 4.34. The summed E-state index contributed by atoms with van der Waals surface area (Å²) in [5, 5.41) is 3.00. The number of nitrogens with one attached hydrogen (secondary N) is 2. The zero-order valence-corrected chi connectivity index (χ0v) is 11.3. The summed E-state index contributed by atoms with van der Waals surface area (Å²) in [6, 6.07) is 9.75. The summed E-state index contributed by atoms with van der Waals surface area (Å²) in [6.45, 7) is 3.95. The number of benzene rings is 1. The normalized spacial score (nSPS) is 13.8. The van der Waals surface area contributed by atoms with E-state index in [2.05, 4.69) is 15.3 Å². The molecule has 1 aromatic carbocycles. The Morgan fingerprint density at radius 1 is 1.37 bits per heavy atom. The molecule has 0 saturated carbocycles. The van der Waals surface area contributed by atoms with Crippen molar-refractivity contribution in [1.82, 2.24) is 15.3 Å². The van der Waals surface area contributed by atoms with E-state index in [-0.39, 0.29) is 17.9 Å². The highest BCUT2D eigenvalue weighted by Crippen LogP contribution is 2.20. The molecule has 4 nitrogen and oxygen atoms in total. The van der Waals surface area contributed by atoms with Crippen LogP contribution in [0, 0.1) is 0 Å². The average Bonchev–Trinajstić information content (AvgIpc) is 2.94. The van der Waals surface area contributed by atoms with Gasteiger partial charge in [0, 0.05) is 12.4 Å². The summed E-state index contributed by atoms with van der Waals surface area (Å²) in [5.74, 6) is 0.701. The predicted octanol–water partition coefficient (Wildman–Crippen LogP) is 2.78. The number of amides is 1. The molecule has 0 radical (unpaired) electrons. The number of carbonyl (C=O) groups excluding carboxylic acids is 1. The summed E-state index contributed by atoms with van der Waals surface area (Å²) < 4.78 is 0. The Hall–Kier alpha value is -2.10. The molecule has 19 heavy (non-hydrogen) atoms. The van der Waals surface area contributed by atoms with Crippen LogP contribution >= 0.6 is 0 Å². The Morgan fingerprint density at radius 3 is 2.68 bits per heavy atom. The van der Waals surface area contributed by atoms with Gasteiger partial charge in [0.15, 0.2) is 0 Å². The second kappa shape index (κ2) is 6.18. The molecular weight excluding hydrogens is 238 g/mol. The van der Waals surface area contributed by atoms with Crippen LogP contribution in [0.5, 0.6) is 0 Å². The fourth-order valence-corrected chi connectivity index (χ4v) is 2.15. The maximum Gasteiger partial charge on any atom is 0.228 e. The molecule has 100 valence electrons. The minimum Gasteiger partial charge on any atom is -0.347 e. The third kappa shape index (κ3) is 3.22. The van der Waals surface area contributed by atoms with E-state index in [1.807, 2.05) is 44.2 Å². The quantitative estimate of drug-likeness (QED) is 0.865. The lowest BCUT2D eigenvalue weighted by Gasteiger charge is -2.18. The molecule has 0 aliphatic rings. The number of H-pyrrole nitrogens is 1. The summed E-state index contributed by atoms with van der Waals surface area (Å²) >= 11 is 0. The largest absolute Gasteiger partial charge is 0.347 e. The molecule has 1 amide bonds. The monoisotopic (exact) mass is 257 g/mol. The standard InChI is InChI=1S/C15H19N3O/c1-3-13(12-7-5-4-6-8-12)15(19)18-11(2)14-16-9-10-17-14/h4-11,13H,3H2,1-2H3,(H,16,17)(H,18,19). The summed E-state index contributed by atoms with van der Waals surface area (Å²) in [7, 11) is 0. The van der Waals surface area contributed by atoms with Crippen LogP contribution in [0.3, 0.4) is 0 Å². The molecule has 2 rings (SSSR count). The van der Waals surface area contributed by atoms with Gasteiger partial charge in [-0.3, -0.25) is 4.79 Å². The molecule has 2 atom stereocenters. The lowest BCUT2D eigenvalue weighted by atomic mass is 9.95. The van der Waals surface area contributed by atoms with Gasteiger partial charge in [-0.15, -0.1) is 0 Å². The lowest BCUT2D eigenvalue weighted by molar-refractivity contribution is -0.123. The van der Waals surface area contributed by atoms with Crippen LogP contribution in [0.1, 0.15) is 43.6 Å². The highest BCUT2D eigenvalue weighted by molar-refractivity contribution is 5.83. The third-order valence-electron chi connectivity index (χ3n) is 3.21. The van der Waals surface area contributed by atoms with Crippen molar-refractivity contribution >= 4 is 5.91 Å². The van der Waals surface area contributed by atoms with E-state index in [9.17, 15) is 4.79 Å². The van der Waals surface area contributed by atoms with Crippen LogP contribution in [-0.4, -0.2) is 15.9 Å². The van der Waals surface area contributed by atoms with E-state index in [0.717, 1.165) is 17.8 Å². The highest BCUT2D eigenvalue weighted by atomic mass is 16.1. The molecule has 0 bridgehead atoms. The lowest BCUT2D eigenvalue weighted by Crippen LogP contribution is -2.32. The Balaban J connectivity index is 2.06. The number of rotatable bonds is 5. The number of carbonyl (C=O) groups is 1. The van der Waals surface area contributed by atoms with Crippen molar-refractivity contribution in [3.05, 3.63) is 54.1 Å². The van der Waals surface area contributed by atoms with Crippen molar-refractivity contribution in [2.24, 2.45) is 0 Å². The number of aromatic nitrogens is 2. The van der Waals surface area contributed by atoms with Gasteiger partial charge in [0.1, 0.15) is 5.82 Å². The van der Waals surface area contributed by atoms with E-state index in [1.54, 1.807) is 12.4 Å².